The first-order valence-corrected chi connectivity index (χ1v) is 12.3. The first-order chi connectivity index (χ1) is 15.7. The first-order valence-electron chi connectivity index (χ1n) is 10.4. The van der Waals surface area contributed by atoms with Crippen LogP contribution in [0.3, 0.4) is 0 Å². The van der Waals surface area contributed by atoms with Crippen molar-refractivity contribution in [2.45, 2.75) is 6.42 Å². The van der Waals surface area contributed by atoms with Gasteiger partial charge in [-0.15, -0.1) is 11.3 Å². The van der Waals surface area contributed by atoms with Crippen molar-refractivity contribution in [3.63, 3.8) is 0 Å². The predicted octanol–water partition coefficient (Wildman–Crippen LogP) is 6.79. The molecule has 3 nitrogen and oxygen atoms in total. The maximum absolute atomic E-state index is 13.1. The van der Waals surface area contributed by atoms with Crippen LogP contribution < -0.4 is 5.32 Å². The highest BCUT2D eigenvalue weighted by Crippen LogP contribution is 2.26. The second kappa shape index (κ2) is 10.9. The Morgan fingerprint density at radius 2 is 1.50 bits per heavy atom. The summed E-state index contributed by atoms with van der Waals surface area (Å²) in [5.74, 6) is 0.0139. The molecule has 32 heavy (non-hydrogen) atoms. The van der Waals surface area contributed by atoms with E-state index in [-0.39, 0.29) is 16.9 Å². The fourth-order valence-corrected chi connectivity index (χ4v) is 5.02. The molecular weight excluding hydrogens is 434 g/mol. The van der Waals surface area contributed by atoms with Gasteiger partial charge in [0, 0.05) is 21.9 Å². The van der Waals surface area contributed by atoms with Gasteiger partial charge in [0.05, 0.1) is 5.92 Å². The zero-order chi connectivity index (χ0) is 22.2. The molecule has 1 aromatic heterocycles. The van der Waals surface area contributed by atoms with Gasteiger partial charge in [-0.3, -0.25) is 9.59 Å². The molecule has 0 saturated carbocycles. The molecule has 0 aliphatic carbocycles. The van der Waals surface area contributed by atoms with Gasteiger partial charge in [-0.2, -0.15) is 0 Å². The van der Waals surface area contributed by atoms with Gasteiger partial charge in [-0.25, -0.2) is 0 Å². The number of hydrogen-bond donors (Lipinski definition) is 1. The van der Waals surface area contributed by atoms with Gasteiger partial charge in [0.15, 0.2) is 0 Å². The van der Waals surface area contributed by atoms with Crippen molar-refractivity contribution < 1.29 is 9.59 Å². The lowest BCUT2D eigenvalue weighted by Gasteiger charge is -2.17. The maximum Gasteiger partial charge on any atom is 0.228 e. The summed E-state index contributed by atoms with van der Waals surface area (Å²) >= 11 is 2.89. The Balaban J connectivity index is 1.44. The molecule has 1 heterocycles. The third kappa shape index (κ3) is 5.96. The van der Waals surface area contributed by atoms with Crippen molar-refractivity contribution in [2.24, 2.45) is 5.92 Å². The summed E-state index contributed by atoms with van der Waals surface area (Å²) in [5.41, 5.74) is 3.62. The highest BCUT2D eigenvalue weighted by atomic mass is 32.2. The SMILES string of the molecule is O=C(SCC(Cc1ccccc1)C(=O)Nc1ccc(-c2cccs2)cc1)c1ccccc1. The minimum atomic E-state index is -0.327. The minimum absolute atomic E-state index is 0.0169. The Bertz CT molecular complexity index is 1140. The molecule has 1 unspecified atom stereocenters. The van der Waals surface area contributed by atoms with E-state index in [1.807, 2.05) is 84.2 Å². The van der Waals surface area contributed by atoms with Crippen LogP contribution in [-0.4, -0.2) is 16.8 Å². The topological polar surface area (TPSA) is 46.2 Å². The van der Waals surface area contributed by atoms with E-state index in [1.54, 1.807) is 23.5 Å². The minimum Gasteiger partial charge on any atom is -0.326 e. The lowest BCUT2D eigenvalue weighted by Crippen LogP contribution is -2.27. The Kier molecular flexibility index (Phi) is 7.54. The summed E-state index contributed by atoms with van der Waals surface area (Å²) in [6.07, 6.45) is 0.578. The molecule has 1 atom stereocenters. The lowest BCUT2D eigenvalue weighted by molar-refractivity contribution is -0.119. The summed E-state index contributed by atoms with van der Waals surface area (Å²) in [4.78, 5) is 26.9. The molecule has 4 rings (SSSR count). The molecule has 5 heteroatoms. The van der Waals surface area contributed by atoms with Crippen LogP contribution in [0.2, 0.25) is 0 Å². The summed E-state index contributed by atoms with van der Waals surface area (Å²) < 4.78 is 0. The van der Waals surface area contributed by atoms with Crippen molar-refractivity contribution in [1.29, 1.82) is 0 Å². The smallest absolute Gasteiger partial charge is 0.228 e. The largest absolute Gasteiger partial charge is 0.326 e. The molecule has 0 aliphatic heterocycles. The van der Waals surface area contributed by atoms with E-state index in [0.29, 0.717) is 17.7 Å². The highest BCUT2D eigenvalue weighted by Gasteiger charge is 2.21. The van der Waals surface area contributed by atoms with Crippen molar-refractivity contribution in [1.82, 2.24) is 0 Å². The molecule has 0 spiro atoms. The van der Waals surface area contributed by atoms with Gasteiger partial charge in [0.2, 0.25) is 11.0 Å². The highest BCUT2D eigenvalue weighted by molar-refractivity contribution is 8.14. The Morgan fingerprint density at radius 3 is 2.16 bits per heavy atom. The molecule has 0 aliphatic rings. The maximum atomic E-state index is 13.1. The molecular formula is C27H23NO2S2. The number of thioether (sulfide) groups is 1. The van der Waals surface area contributed by atoms with Crippen LogP contribution in [0.1, 0.15) is 15.9 Å². The van der Waals surface area contributed by atoms with Crippen LogP contribution in [0.5, 0.6) is 0 Å². The van der Waals surface area contributed by atoms with E-state index >= 15 is 0 Å². The van der Waals surface area contributed by atoms with Gasteiger partial charge in [-0.05, 0) is 41.1 Å². The number of rotatable bonds is 8. The summed E-state index contributed by atoms with van der Waals surface area (Å²) in [6, 6.07) is 31.1. The first kappa shape index (κ1) is 22.1. The number of anilines is 1. The lowest BCUT2D eigenvalue weighted by atomic mass is 10.00. The number of carbonyl (C=O) groups is 2. The van der Waals surface area contributed by atoms with Crippen LogP contribution in [0.15, 0.2) is 102 Å². The monoisotopic (exact) mass is 457 g/mol. The van der Waals surface area contributed by atoms with E-state index in [9.17, 15) is 9.59 Å². The summed E-state index contributed by atoms with van der Waals surface area (Å²) in [5, 5.41) is 5.07. The zero-order valence-corrected chi connectivity index (χ0v) is 19.1. The number of nitrogens with one attached hydrogen (secondary N) is 1. The predicted molar refractivity (Wildman–Crippen MR) is 135 cm³/mol. The van der Waals surface area contributed by atoms with Crippen LogP contribution in [-0.2, 0) is 11.2 Å². The van der Waals surface area contributed by atoms with Gasteiger partial charge >= 0.3 is 0 Å². The fourth-order valence-electron chi connectivity index (χ4n) is 3.36. The molecule has 3 aromatic carbocycles. The number of thiophene rings is 1. The molecule has 0 fully saturated rings. The third-order valence-electron chi connectivity index (χ3n) is 5.08. The van der Waals surface area contributed by atoms with E-state index in [2.05, 4.69) is 11.4 Å². The molecule has 160 valence electrons. The van der Waals surface area contributed by atoms with Crippen molar-refractivity contribution in [3.05, 3.63) is 114 Å². The van der Waals surface area contributed by atoms with E-state index < -0.39 is 0 Å². The third-order valence-corrected chi connectivity index (χ3v) is 7.06. The standard InChI is InChI=1S/C27H23NO2S2/c29-26(28-24-15-13-21(14-16-24)25-12-7-17-31-25)23(18-20-8-3-1-4-9-20)19-32-27(30)22-10-5-2-6-11-22/h1-17,23H,18-19H2,(H,28,29). The molecule has 0 radical (unpaired) electrons. The average Bonchev–Trinajstić information content (AvgIpc) is 3.38. The Labute approximate surface area is 196 Å². The quantitative estimate of drug-likeness (QED) is 0.317. The number of carbonyl (C=O) groups excluding carboxylic acids is 2. The number of benzene rings is 3. The van der Waals surface area contributed by atoms with Crippen LogP contribution in [0.25, 0.3) is 10.4 Å². The average molecular weight is 458 g/mol. The van der Waals surface area contributed by atoms with Gasteiger partial charge in [-0.1, -0.05) is 90.6 Å². The van der Waals surface area contributed by atoms with Crippen molar-refractivity contribution >= 4 is 39.8 Å². The van der Waals surface area contributed by atoms with Crippen molar-refractivity contribution in [2.75, 3.05) is 11.1 Å². The second-order valence-corrected chi connectivity index (χ2v) is 9.34. The summed E-state index contributed by atoms with van der Waals surface area (Å²) in [7, 11) is 0. The fraction of sp³-hybridized carbons (Fsp3) is 0.111. The van der Waals surface area contributed by atoms with Crippen LogP contribution in [0.4, 0.5) is 5.69 Å². The van der Waals surface area contributed by atoms with Gasteiger partial charge < -0.3 is 5.32 Å². The van der Waals surface area contributed by atoms with E-state index in [0.717, 1.165) is 16.8 Å². The van der Waals surface area contributed by atoms with E-state index in [4.69, 9.17) is 0 Å². The Hall–Kier alpha value is -3.15. The van der Waals surface area contributed by atoms with Crippen molar-refractivity contribution in [3.8, 4) is 10.4 Å². The molecule has 4 aromatic rings. The Morgan fingerprint density at radius 1 is 0.812 bits per heavy atom. The molecule has 1 amide bonds. The number of amides is 1. The zero-order valence-electron chi connectivity index (χ0n) is 17.4. The van der Waals surface area contributed by atoms with E-state index in [1.165, 1.54) is 16.6 Å². The second-order valence-electron chi connectivity index (χ2n) is 7.40. The van der Waals surface area contributed by atoms with Crippen LogP contribution in [0, 0.1) is 5.92 Å². The molecule has 1 N–H and O–H groups in total. The van der Waals surface area contributed by atoms with Gasteiger partial charge in [0.1, 0.15) is 0 Å². The van der Waals surface area contributed by atoms with Crippen LogP contribution >= 0.6 is 23.1 Å². The molecule has 0 saturated heterocycles. The van der Waals surface area contributed by atoms with Gasteiger partial charge in [0.25, 0.3) is 0 Å². The molecule has 0 bridgehead atoms. The normalized spacial score (nSPS) is 11.6. The number of hydrogen-bond acceptors (Lipinski definition) is 4. The summed E-state index contributed by atoms with van der Waals surface area (Å²) in [6.45, 7) is 0.